The van der Waals surface area contributed by atoms with Gasteiger partial charge in [-0.2, -0.15) is 0 Å². The minimum absolute atomic E-state index is 0.128. The van der Waals surface area contributed by atoms with E-state index in [1.807, 2.05) is 6.92 Å². The van der Waals surface area contributed by atoms with Gasteiger partial charge in [-0.25, -0.2) is 0 Å². The van der Waals surface area contributed by atoms with Crippen LogP contribution in [0.4, 0.5) is 0 Å². The molecule has 0 amide bonds. The first-order valence-corrected chi connectivity index (χ1v) is 10.2. The summed E-state index contributed by atoms with van der Waals surface area (Å²) in [6, 6.07) is 0. The highest BCUT2D eigenvalue weighted by Gasteiger charge is 2.49. The van der Waals surface area contributed by atoms with E-state index in [1.54, 1.807) is 5.57 Å². The van der Waals surface area contributed by atoms with Gasteiger partial charge in [-0.15, -0.1) is 0 Å². The zero-order chi connectivity index (χ0) is 18.4. The van der Waals surface area contributed by atoms with E-state index in [0.717, 1.165) is 23.0 Å². The van der Waals surface area contributed by atoms with E-state index in [-0.39, 0.29) is 5.92 Å². The van der Waals surface area contributed by atoms with Crippen molar-refractivity contribution in [2.75, 3.05) is 0 Å². The van der Waals surface area contributed by atoms with Gasteiger partial charge in [0, 0.05) is 5.92 Å². The van der Waals surface area contributed by atoms with Gasteiger partial charge >= 0.3 is 0 Å². The number of hydrogen-bond donors (Lipinski definition) is 2. The molecule has 0 aliphatic heterocycles. The molecular weight excluding hydrogens is 308 g/mol. The Balaban J connectivity index is 1.83. The van der Waals surface area contributed by atoms with E-state index < -0.39 is 12.2 Å². The van der Waals surface area contributed by atoms with Crippen LogP contribution in [0.1, 0.15) is 66.2 Å². The van der Waals surface area contributed by atoms with Crippen molar-refractivity contribution in [2.24, 2.45) is 29.1 Å². The smallest absolute Gasteiger partial charge is 0.0837 e. The van der Waals surface area contributed by atoms with Crippen molar-refractivity contribution in [1.29, 1.82) is 0 Å². The van der Waals surface area contributed by atoms with Gasteiger partial charge in [0.25, 0.3) is 0 Å². The van der Waals surface area contributed by atoms with Crippen molar-refractivity contribution in [3.8, 4) is 0 Å². The van der Waals surface area contributed by atoms with Crippen LogP contribution in [-0.4, -0.2) is 22.4 Å². The lowest BCUT2D eigenvalue weighted by Crippen LogP contribution is -2.36. The van der Waals surface area contributed by atoms with Crippen molar-refractivity contribution < 1.29 is 10.2 Å². The molecule has 0 bridgehead atoms. The molecule has 0 aromatic carbocycles. The van der Waals surface area contributed by atoms with Crippen LogP contribution in [0, 0.1) is 29.1 Å². The normalized spacial score (nSPS) is 45.4. The van der Waals surface area contributed by atoms with E-state index in [9.17, 15) is 10.2 Å². The Morgan fingerprint density at radius 2 is 1.92 bits per heavy atom. The maximum atomic E-state index is 10.3. The predicted octanol–water partition coefficient (Wildman–Crippen LogP) is 5.03. The summed E-state index contributed by atoms with van der Waals surface area (Å²) in [4.78, 5) is 0. The predicted molar refractivity (Wildman–Crippen MR) is 104 cm³/mol. The van der Waals surface area contributed by atoms with E-state index in [1.165, 1.54) is 32.1 Å². The fourth-order valence-electron chi connectivity index (χ4n) is 6.02. The minimum atomic E-state index is -0.623. The average Bonchev–Trinajstić information content (AvgIpc) is 2.92. The average molecular weight is 345 g/mol. The lowest BCUT2D eigenvalue weighted by Gasteiger charge is -2.44. The van der Waals surface area contributed by atoms with Crippen LogP contribution < -0.4 is 0 Å². The third-order valence-electron chi connectivity index (χ3n) is 7.64. The summed E-state index contributed by atoms with van der Waals surface area (Å²) in [5.41, 5.74) is 3.85. The summed E-state index contributed by atoms with van der Waals surface area (Å²) in [5, 5.41) is 20.5. The summed E-state index contributed by atoms with van der Waals surface area (Å²) in [6.07, 6.45) is 10.5. The van der Waals surface area contributed by atoms with Gasteiger partial charge in [-0.05, 0) is 72.8 Å². The molecule has 2 N–H and O–H groups in total. The molecule has 2 nitrogen and oxygen atoms in total. The monoisotopic (exact) mass is 344 g/mol. The summed E-state index contributed by atoms with van der Waals surface area (Å²) < 4.78 is 0. The van der Waals surface area contributed by atoms with Crippen LogP contribution in [0.2, 0.25) is 0 Å². The quantitative estimate of drug-likeness (QED) is 0.737. The number of fused-ring (bicyclic) bond motifs is 1. The van der Waals surface area contributed by atoms with Crippen LogP contribution >= 0.6 is 0 Å². The van der Waals surface area contributed by atoms with E-state index in [0.29, 0.717) is 17.8 Å². The summed E-state index contributed by atoms with van der Waals surface area (Å²) in [6.45, 7) is 13.3. The molecular formula is C23H36O2. The number of aliphatic hydroxyl groups is 2. The highest BCUT2D eigenvalue weighted by atomic mass is 16.3. The van der Waals surface area contributed by atoms with Crippen molar-refractivity contribution in [2.45, 2.75) is 78.4 Å². The largest absolute Gasteiger partial charge is 0.392 e. The van der Waals surface area contributed by atoms with Crippen molar-refractivity contribution in [1.82, 2.24) is 0 Å². The fourth-order valence-corrected chi connectivity index (χ4v) is 6.02. The lowest BCUT2D eigenvalue weighted by molar-refractivity contribution is 0.0283. The molecule has 3 aliphatic rings. The van der Waals surface area contributed by atoms with Crippen molar-refractivity contribution >= 4 is 0 Å². The molecule has 3 aliphatic carbocycles. The van der Waals surface area contributed by atoms with E-state index >= 15 is 0 Å². The number of hydrogen-bond acceptors (Lipinski definition) is 2. The molecule has 3 fully saturated rings. The Hall–Kier alpha value is -0.860. The second kappa shape index (κ2) is 7.04. The molecule has 2 heteroatoms. The molecule has 0 aromatic heterocycles. The second-order valence-corrected chi connectivity index (χ2v) is 9.37. The van der Waals surface area contributed by atoms with Crippen molar-refractivity contribution in [3.63, 3.8) is 0 Å². The molecule has 0 aromatic rings. The Morgan fingerprint density at radius 3 is 2.60 bits per heavy atom. The second-order valence-electron chi connectivity index (χ2n) is 9.37. The number of allylic oxidation sites excluding steroid dienone is 3. The zero-order valence-corrected chi connectivity index (χ0v) is 16.5. The Kier molecular flexibility index (Phi) is 5.33. The molecule has 0 spiro atoms. The number of aliphatic hydroxyl groups excluding tert-OH is 2. The van der Waals surface area contributed by atoms with Crippen LogP contribution in [0.5, 0.6) is 0 Å². The standard InChI is InChI=1S/C23H36O2/c1-14(2)19-10-11-20-17(7-6-12-23(19,20)5)8-9-18-13-21(24)16(4)22(25)15(18)3/h8-9,14,16,19-22,24-25H,3,6-7,10-13H2,1-2,4-5H3/b17-8+,18-9-/t16-,19+,20-,21-,22+,23+/m0/s1. The zero-order valence-electron chi connectivity index (χ0n) is 16.5. The van der Waals surface area contributed by atoms with Gasteiger partial charge in [0.15, 0.2) is 0 Å². The highest BCUT2D eigenvalue weighted by Crippen LogP contribution is 2.59. The van der Waals surface area contributed by atoms with Crippen LogP contribution in [0.25, 0.3) is 0 Å². The molecule has 6 atom stereocenters. The van der Waals surface area contributed by atoms with Crippen LogP contribution in [-0.2, 0) is 0 Å². The number of rotatable bonds is 2. The van der Waals surface area contributed by atoms with Crippen LogP contribution in [0.15, 0.2) is 35.5 Å². The SMILES string of the molecule is C=C1/C(=C\C=C2/CCC[C@]3(C)[C@@H](C(C)C)CC[C@@H]23)C[C@H](O)[C@H](C)[C@@H]1O. The Bertz CT molecular complexity index is 585. The lowest BCUT2D eigenvalue weighted by atomic mass is 9.61. The first-order valence-electron chi connectivity index (χ1n) is 10.2. The van der Waals surface area contributed by atoms with Gasteiger partial charge in [0.05, 0.1) is 12.2 Å². The molecule has 3 saturated carbocycles. The molecule has 0 unspecified atom stereocenters. The summed E-state index contributed by atoms with van der Waals surface area (Å²) in [7, 11) is 0. The van der Waals surface area contributed by atoms with Gasteiger partial charge in [0.1, 0.15) is 0 Å². The van der Waals surface area contributed by atoms with Gasteiger partial charge in [-0.3, -0.25) is 0 Å². The fraction of sp³-hybridized carbons (Fsp3) is 0.739. The summed E-state index contributed by atoms with van der Waals surface area (Å²) in [5.74, 6) is 2.17. The maximum Gasteiger partial charge on any atom is 0.0837 e. The molecule has 0 heterocycles. The van der Waals surface area contributed by atoms with Crippen LogP contribution in [0.3, 0.4) is 0 Å². The van der Waals surface area contributed by atoms with E-state index in [2.05, 4.69) is 39.5 Å². The van der Waals surface area contributed by atoms with E-state index in [4.69, 9.17) is 0 Å². The molecule has 3 rings (SSSR count). The van der Waals surface area contributed by atoms with Gasteiger partial charge in [-0.1, -0.05) is 52.0 Å². The first kappa shape index (κ1) is 18.9. The molecule has 140 valence electrons. The Labute approximate surface area is 153 Å². The van der Waals surface area contributed by atoms with Gasteiger partial charge < -0.3 is 10.2 Å². The molecule has 0 radical (unpaired) electrons. The minimum Gasteiger partial charge on any atom is -0.392 e. The molecule has 25 heavy (non-hydrogen) atoms. The topological polar surface area (TPSA) is 40.5 Å². The highest BCUT2D eigenvalue weighted by molar-refractivity contribution is 5.39. The third kappa shape index (κ3) is 3.28. The summed E-state index contributed by atoms with van der Waals surface area (Å²) >= 11 is 0. The first-order chi connectivity index (χ1) is 11.8. The molecule has 0 saturated heterocycles. The maximum absolute atomic E-state index is 10.3. The van der Waals surface area contributed by atoms with Gasteiger partial charge in [0.2, 0.25) is 0 Å². The van der Waals surface area contributed by atoms with Crippen molar-refractivity contribution in [3.05, 3.63) is 35.5 Å². The Morgan fingerprint density at radius 1 is 1.20 bits per heavy atom. The third-order valence-corrected chi connectivity index (χ3v) is 7.64.